The van der Waals surface area contributed by atoms with Crippen LogP contribution in [0.2, 0.25) is 0 Å². The van der Waals surface area contributed by atoms with Crippen LogP contribution < -0.4 is 15.2 Å². The first kappa shape index (κ1) is 21.0. The highest BCUT2D eigenvalue weighted by molar-refractivity contribution is 7.92. The van der Waals surface area contributed by atoms with Gasteiger partial charge in [0.1, 0.15) is 0 Å². The zero-order valence-electron chi connectivity index (χ0n) is 13.1. The summed E-state index contributed by atoms with van der Waals surface area (Å²) in [5.41, 5.74) is 5.99. The summed E-state index contributed by atoms with van der Waals surface area (Å²) in [5, 5.41) is 14.5. The molecule has 142 valence electrons. The van der Waals surface area contributed by atoms with Crippen molar-refractivity contribution in [3.63, 3.8) is 0 Å². The molecular weight excluding hydrogens is 381 g/mol. The SMILES string of the molecule is COc1ccc(NS(=O)(=O)c2ccc(N)cc2)nn1.O=C(O)C(F)(F)F. The first-order valence-electron chi connectivity index (χ1n) is 6.52. The number of aliphatic carboxylic acids is 1. The van der Waals surface area contributed by atoms with E-state index >= 15 is 0 Å². The fraction of sp³-hybridized carbons (Fsp3) is 0.154. The van der Waals surface area contributed by atoms with Gasteiger partial charge in [0, 0.05) is 11.8 Å². The van der Waals surface area contributed by atoms with E-state index in [2.05, 4.69) is 14.9 Å². The van der Waals surface area contributed by atoms with E-state index in [9.17, 15) is 21.6 Å². The second-order valence-electron chi connectivity index (χ2n) is 4.44. The second kappa shape index (κ2) is 8.33. The minimum Gasteiger partial charge on any atom is -0.480 e. The molecule has 9 nitrogen and oxygen atoms in total. The minimum absolute atomic E-state index is 0.0966. The molecule has 0 aliphatic heterocycles. The molecule has 0 amide bonds. The third-order valence-corrected chi connectivity index (χ3v) is 3.89. The molecule has 26 heavy (non-hydrogen) atoms. The molecule has 0 radical (unpaired) electrons. The van der Waals surface area contributed by atoms with Crippen molar-refractivity contribution in [2.45, 2.75) is 11.1 Å². The first-order chi connectivity index (χ1) is 12.0. The van der Waals surface area contributed by atoms with Crippen LogP contribution in [0.3, 0.4) is 0 Å². The first-order valence-corrected chi connectivity index (χ1v) is 8.00. The molecule has 0 atom stereocenters. The largest absolute Gasteiger partial charge is 0.490 e. The summed E-state index contributed by atoms with van der Waals surface area (Å²) in [4.78, 5) is 8.99. The number of nitrogen functional groups attached to an aromatic ring is 1. The van der Waals surface area contributed by atoms with E-state index in [4.69, 9.17) is 20.4 Å². The van der Waals surface area contributed by atoms with Crippen LogP contribution in [0.1, 0.15) is 0 Å². The molecule has 0 unspecified atom stereocenters. The van der Waals surface area contributed by atoms with Crippen molar-refractivity contribution in [1.29, 1.82) is 0 Å². The second-order valence-corrected chi connectivity index (χ2v) is 6.12. The number of ether oxygens (including phenoxy) is 1. The van der Waals surface area contributed by atoms with Gasteiger partial charge in [-0.25, -0.2) is 13.2 Å². The smallest absolute Gasteiger partial charge is 0.480 e. The number of aromatic nitrogens is 2. The van der Waals surface area contributed by atoms with Crippen molar-refractivity contribution >= 4 is 27.5 Å². The molecule has 0 aliphatic rings. The molecule has 2 aromatic rings. The van der Waals surface area contributed by atoms with E-state index in [1.54, 1.807) is 0 Å². The van der Waals surface area contributed by atoms with Crippen LogP contribution in [0.4, 0.5) is 24.7 Å². The van der Waals surface area contributed by atoms with Crippen molar-refractivity contribution < 1.29 is 36.2 Å². The average molecular weight is 394 g/mol. The molecule has 1 aromatic carbocycles. The quantitative estimate of drug-likeness (QED) is 0.662. The van der Waals surface area contributed by atoms with E-state index in [-0.39, 0.29) is 10.7 Å². The Morgan fingerprint density at radius 1 is 1.15 bits per heavy atom. The molecule has 0 bridgehead atoms. The predicted molar refractivity (Wildman–Crippen MR) is 83.9 cm³/mol. The molecular formula is C13H13F3N4O5S. The lowest BCUT2D eigenvalue weighted by molar-refractivity contribution is -0.192. The number of methoxy groups -OCH3 is 1. The monoisotopic (exact) mass is 394 g/mol. The lowest BCUT2D eigenvalue weighted by Crippen LogP contribution is -2.21. The topological polar surface area (TPSA) is 144 Å². The Hall–Kier alpha value is -3.09. The van der Waals surface area contributed by atoms with E-state index in [0.717, 1.165) is 0 Å². The fourth-order valence-corrected chi connectivity index (χ4v) is 2.32. The molecule has 0 spiro atoms. The number of benzene rings is 1. The minimum atomic E-state index is -5.08. The number of rotatable bonds is 4. The molecule has 1 aromatic heterocycles. The molecule has 1 heterocycles. The number of halogens is 3. The summed E-state index contributed by atoms with van der Waals surface area (Å²) in [5.74, 6) is -2.35. The summed E-state index contributed by atoms with van der Waals surface area (Å²) in [6.45, 7) is 0. The number of nitrogens with two attached hydrogens (primary N) is 1. The van der Waals surface area contributed by atoms with Crippen LogP contribution in [0, 0.1) is 0 Å². The number of carboxylic acid groups (broad SMARTS) is 1. The zero-order chi connectivity index (χ0) is 20.0. The molecule has 2 rings (SSSR count). The highest BCUT2D eigenvalue weighted by Gasteiger charge is 2.38. The summed E-state index contributed by atoms with van der Waals surface area (Å²) >= 11 is 0. The number of hydrogen-bond donors (Lipinski definition) is 3. The van der Waals surface area contributed by atoms with E-state index in [1.807, 2.05) is 0 Å². The Balaban J connectivity index is 0.000000412. The van der Waals surface area contributed by atoms with Crippen LogP contribution in [0.25, 0.3) is 0 Å². The van der Waals surface area contributed by atoms with Gasteiger partial charge in [0.05, 0.1) is 12.0 Å². The maximum absolute atomic E-state index is 12.0. The number of alkyl halides is 3. The number of nitrogens with one attached hydrogen (secondary N) is 1. The molecule has 4 N–H and O–H groups in total. The fourth-order valence-electron chi connectivity index (χ4n) is 1.33. The van der Waals surface area contributed by atoms with Crippen LogP contribution in [0.5, 0.6) is 5.88 Å². The Bertz CT molecular complexity index is 840. The molecule has 0 saturated heterocycles. The van der Waals surface area contributed by atoms with Crippen LogP contribution >= 0.6 is 0 Å². The molecule has 0 fully saturated rings. The third-order valence-electron chi connectivity index (χ3n) is 2.52. The zero-order valence-corrected chi connectivity index (χ0v) is 13.9. The van der Waals surface area contributed by atoms with Gasteiger partial charge >= 0.3 is 12.1 Å². The normalized spacial score (nSPS) is 11.1. The Morgan fingerprint density at radius 2 is 1.69 bits per heavy atom. The number of carbonyl (C=O) groups is 1. The van der Waals surface area contributed by atoms with Gasteiger partial charge in [-0.15, -0.1) is 10.2 Å². The summed E-state index contributed by atoms with van der Waals surface area (Å²) in [6.07, 6.45) is -5.08. The third kappa shape index (κ3) is 6.43. The summed E-state index contributed by atoms with van der Waals surface area (Å²) in [7, 11) is -2.25. The maximum Gasteiger partial charge on any atom is 0.490 e. The van der Waals surface area contributed by atoms with Crippen molar-refractivity contribution in [2.75, 3.05) is 17.6 Å². The Labute approximate surface area is 145 Å². The van der Waals surface area contributed by atoms with Crippen LogP contribution in [-0.4, -0.2) is 43.0 Å². The van der Waals surface area contributed by atoms with Gasteiger partial charge in [-0.05, 0) is 30.3 Å². The number of carboxylic acids is 1. The standard InChI is InChI=1S/C11H12N4O3S.C2HF3O2/c1-18-11-7-6-10(13-14-11)15-19(16,17)9-4-2-8(12)3-5-9;3-2(4,5)1(6)7/h2-7H,12H2,1H3,(H,13,15);(H,6,7). The highest BCUT2D eigenvalue weighted by Crippen LogP contribution is 2.16. The van der Waals surface area contributed by atoms with Crippen molar-refractivity contribution in [1.82, 2.24) is 10.2 Å². The lowest BCUT2D eigenvalue weighted by Gasteiger charge is -2.07. The number of sulfonamides is 1. The van der Waals surface area contributed by atoms with E-state index in [0.29, 0.717) is 11.6 Å². The predicted octanol–water partition coefficient (Wildman–Crippen LogP) is 1.50. The molecule has 0 saturated carbocycles. The summed E-state index contributed by atoms with van der Waals surface area (Å²) in [6, 6.07) is 8.81. The van der Waals surface area contributed by atoms with Crippen LogP contribution in [-0.2, 0) is 14.8 Å². The van der Waals surface area contributed by atoms with E-state index in [1.165, 1.54) is 43.5 Å². The van der Waals surface area contributed by atoms with Crippen molar-refractivity contribution in [2.24, 2.45) is 0 Å². The van der Waals surface area contributed by atoms with Gasteiger partial charge < -0.3 is 15.6 Å². The highest BCUT2D eigenvalue weighted by atomic mass is 32.2. The average Bonchev–Trinajstić information content (AvgIpc) is 2.55. The van der Waals surface area contributed by atoms with Crippen LogP contribution in [0.15, 0.2) is 41.3 Å². The van der Waals surface area contributed by atoms with Gasteiger partial charge in [-0.2, -0.15) is 13.2 Å². The summed E-state index contributed by atoms with van der Waals surface area (Å²) < 4.78 is 62.9. The van der Waals surface area contributed by atoms with Crippen molar-refractivity contribution in [3.05, 3.63) is 36.4 Å². The van der Waals surface area contributed by atoms with Gasteiger partial charge in [0.2, 0.25) is 5.88 Å². The van der Waals surface area contributed by atoms with Gasteiger partial charge in [-0.3, -0.25) is 4.72 Å². The number of nitrogens with zero attached hydrogens (tertiary/aromatic N) is 2. The molecule has 0 aliphatic carbocycles. The number of anilines is 2. The van der Waals surface area contributed by atoms with Gasteiger partial charge in [0.25, 0.3) is 10.0 Å². The van der Waals surface area contributed by atoms with Gasteiger partial charge in [-0.1, -0.05) is 0 Å². The molecule has 13 heteroatoms. The Morgan fingerprint density at radius 3 is 2.08 bits per heavy atom. The lowest BCUT2D eigenvalue weighted by atomic mass is 10.3. The van der Waals surface area contributed by atoms with E-state index < -0.39 is 22.2 Å². The maximum atomic E-state index is 12.0. The van der Waals surface area contributed by atoms with Gasteiger partial charge in [0.15, 0.2) is 5.82 Å². The Kier molecular flexibility index (Phi) is 6.71. The van der Waals surface area contributed by atoms with Crippen molar-refractivity contribution in [3.8, 4) is 5.88 Å². The number of hydrogen-bond acceptors (Lipinski definition) is 7.